The summed E-state index contributed by atoms with van der Waals surface area (Å²) in [6, 6.07) is 15.0. The van der Waals surface area contributed by atoms with Crippen LogP contribution in [0, 0.1) is 0 Å². The monoisotopic (exact) mass is 374 g/mol. The van der Waals surface area contributed by atoms with Gasteiger partial charge in [0.25, 0.3) is 11.8 Å². The zero-order valence-corrected chi connectivity index (χ0v) is 15.2. The molecule has 7 heteroatoms. The van der Waals surface area contributed by atoms with Crippen molar-refractivity contribution in [2.45, 2.75) is 13.5 Å². The van der Waals surface area contributed by atoms with Crippen molar-refractivity contribution in [1.29, 1.82) is 0 Å². The summed E-state index contributed by atoms with van der Waals surface area (Å²) < 4.78 is 0. The Bertz CT molecular complexity index is 1020. The average molecular weight is 374 g/mol. The third kappa shape index (κ3) is 4.85. The zero-order valence-electron chi connectivity index (χ0n) is 15.2. The Hall–Kier alpha value is -3.87. The fourth-order valence-electron chi connectivity index (χ4n) is 2.48. The highest BCUT2D eigenvalue weighted by molar-refractivity contribution is 6.06. The fraction of sp³-hybridized carbons (Fsp3) is 0.0952. The van der Waals surface area contributed by atoms with E-state index in [9.17, 15) is 14.4 Å². The van der Waals surface area contributed by atoms with E-state index in [1.807, 2.05) is 6.07 Å². The molecule has 2 N–H and O–H groups in total. The number of carbonyl (C=O) groups excluding carboxylic acids is 3. The number of nitrogens with zero attached hydrogens (tertiary/aromatic N) is 2. The molecule has 0 atom stereocenters. The van der Waals surface area contributed by atoms with Crippen LogP contribution >= 0.6 is 0 Å². The van der Waals surface area contributed by atoms with Crippen LogP contribution < -0.4 is 10.6 Å². The molecule has 0 fully saturated rings. The maximum atomic E-state index is 12.5. The van der Waals surface area contributed by atoms with Crippen molar-refractivity contribution >= 4 is 23.3 Å². The molecule has 7 nitrogen and oxygen atoms in total. The number of ketones is 1. The van der Waals surface area contributed by atoms with Gasteiger partial charge in [-0.05, 0) is 43.3 Å². The minimum Gasteiger partial charge on any atom is -0.345 e. The maximum absolute atomic E-state index is 12.5. The fourth-order valence-corrected chi connectivity index (χ4v) is 2.48. The number of hydrogen-bond donors (Lipinski definition) is 2. The van der Waals surface area contributed by atoms with Gasteiger partial charge in [-0.1, -0.05) is 18.2 Å². The molecule has 0 aliphatic carbocycles. The van der Waals surface area contributed by atoms with Crippen molar-refractivity contribution in [2.24, 2.45) is 0 Å². The third-order valence-electron chi connectivity index (χ3n) is 3.94. The van der Waals surface area contributed by atoms with Crippen molar-refractivity contribution in [1.82, 2.24) is 15.3 Å². The van der Waals surface area contributed by atoms with E-state index in [-0.39, 0.29) is 23.6 Å². The molecule has 0 saturated heterocycles. The second kappa shape index (κ2) is 8.68. The van der Waals surface area contributed by atoms with Crippen LogP contribution in [0.15, 0.2) is 67.0 Å². The van der Waals surface area contributed by atoms with E-state index < -0.39 is 11.8 Å². The number of amides is 2. The van der Waals surface area contributed by atoms with E-state index >= 15 is 0 Å². The number of rotatable bonds is 6. The predicted molar refractivity (Wildman–Crippen MR) is 104 cm³/mol. The van der Waals surface area contributed by atoms with E-state index in [1.165, 1.54) is 25.3 Å². The van der Waals surface area contributed by atoms with E-state index in [2.05, 4.69) is 20.6 Å². The summed E-state index contributed by atoms with van der Waals surface area (Å²) in [7, 11) is 0. The minimum absolute atomic E-state index is 0.0909. The topological polar surface area (TPSA) is 101 Å². The molecular formula is C21H18N4O3. The molecule has 3 aromatic rings. The lowest BCUT2D eigenvalue weighted by Gasteiger charge is -2.08. The number of Topliss-reactive ketones (excluding diaryl/α,β-unsaturated/α-hetero) is 1. The molecule has 0 unspecified atom stereocenters. The first kappa shape index (κ1) is 18.9. The quantitative estimate of drug-likeness (QED) is 0.646. The molecular weight excluding hydrogens is 356 g/mol. The lowest BCUT2D eigenvalue weighted by atomic mass is 10.1. The highest BCUT2D eigenvalue weighted by Gasteiger charge is 2.13. The number of carbonyl (C=O) groups is 3. The number of pyridine rings is 2. The summed E-state index contributed by atoms with van der Waals surface area (Å²) in [5.41, 5.74) is 2.13. The van der Waals surface area contributed by atoms with Crippen LogP contribution in [0.2, 0.25) is 0 Å². The Morgan fingerprint density at radius 3 is 2.46 bits per heavy atom. The van der Waals surface area contributed by atoms with Crippen LogP contribution in [0.3, 0.4) is 0 Å². The highest BCUT2D eigenvalue weighted by Crippen LogP contribution is 2.13. The van der Waals surface area contributed by atoms with E-state index in [1.54, 1.807) is 42.6 Å². The van der Waals surface area contributed by atoms with Gasteiger partial charge >= 0.3 is 0 Å². The lowest BCUT2D eigenvalue weighted by Crippen LogP contribution is -2.25. The zero-order chi connectivity index (χ0) is 19.9. The van der Waals surface area contributed by atoms with Crippen molar-refractivity contribution in [3.05, 3.63) is 89.5 Å². The van der Waals surface area contributed by atoms with Crippen LogP contribution in [0.1, 0.15) is 43.8 Å². The molecule has 2 aromatic heterocycles. The van der Waals surface area contributed by atoms with Gasteiger partial charge in [0.2, 0.25) is 0 Å². The largest absolute Gasteiger partial charge is 0.345 e. The number of benzene rings is 1. The van der Waals surface area contributed by atoms with E-state index in [0.29, 0.717) is 11.3 Å². The lowest BCUT2D eigenvalue weighted by molar-refractivity contribution is 0.0944. The van der Waals surface area contributed by atoms with Gasteiger partial charge in [-0.15, -0.1) is 0 Å². The van der Waals surface area contributed by atoms with Crippen LogP contribution in [0.4, 0.5) is 5.69 Å². The summed E-state index contributed by atoms with van der Waals surface area (Å²) in [4.78, 5) is 44.4. The SMILES string of the molecule is CC(=O)c1cccc(NC(=O)c2ccnc(C(=O)NCc3ccccn3)c2)c1. The summed E-state index contributed by atoms with van der Waals surface area (Å²) in [5.74, 6) is -0.896. The summed E-state index contributed by atoms with van der Waals surface area (Å²) in [6.07, 6.45) is 3.04. The molecule has 2 amide bonds. The van der Waals surface area contributed by atoms with Crippen LogP contribution in [0.5, 0.6) is 0 Å². The third-order valence-corrected chi connectivity index (χ3v) is 3.94. The van der Waals surface area contributed by atoms with Crippen LogP contribution in [0.25, 0.3) is 0 Å². The number of nitrogens with one attached hydrogen (secondary N) is 2. The second-order valence-corrected chi connectivity index (χ2v) is 6.02. The molecule has 0 spiro atoms. The molecule has 0 saturated carbocycles. The smallest absolute Gasteiger partial charge is 0.270 e. The Labute approximate surface area is 161 Å². The average Bonchev–Trinajstić information content (AvgIpc) is 2.73. The van der Waals surface area contributed by atoms with Gasteiger partial charge in [0, 0.05) is 29.2 Å². The number of anilines is 1. The van der Waals surface area contributed by atoms with Crippen molar-refractivity contribution in [2.75, 3.05) is 5.32 Å². The molecule has 28 heavy (non-hydrogen) atoms. The van der Waals surface area contributed by atoms with E-state index in [4.69, 9.17) is 0 Å². The Morgan fingerprint density at radius 2 is 1.71 bits per heavy atom. The van der Waals surface area contributed by atoms with Gasteiger partial charge in [-0.2, -0.15) is 0 Å². The molecule has 0 bridgehead atoms. The van der Waals surface area contributed by atoms with Crippen LogP contribution in [-0.2, 0) is 6.54 Å². The number of hydrogen-bond acceptors (Lipinski definition) is 5. The van der Waals surface area contributed by atoms with Gasteiger partial charge in [0.1, 0.15) is 5.69 Å². The minimum atomic E-state index is -0.404. The summed E-state index contributed by atoms with van der Waals surface area (Å²) in [5, 5.41) is 5.43. The molecule has 2 heterocycles. The first-order valence-corrected chi connectivity index (χ1v) is 8.59. The predicted octanol–water partition coefficient (Wildman–Crippen LogP) is 2.86. The Morgan fingerprint density at radius 1 is 0.857 bits per heavy atom. The van der Waals surface area contributed by atoms with Gasteiger partial charge in [-0.25, -0.2) is 0 Å². The van der Waals surface area contributed by atoms with Crippen molar-refractivity contribution < 1.29 is 14.4 Å². The van der Waals surface area contributed by atoms with Crippen molar-refractivity contribution in [3.8, 4) is 0 Å². The van der Waals surface area contributed by atoms with Crippen LogP contribution in [-0.4, -0.2) is 27.6 Å². The van der Waals surface area contributed by atoms with Gasteiger partial charge in [-0.3, -0.25) is 24.4 Å². The molecule has 3 rings (SSSR count). The van der Waals surface area contributed by atoms with Gasteiger partial charge in [0.15, 0.2) is 5.78 Å². The molecule has 0 aliphatic heterocycles. The number of aromatic nitrogens is 2. The summed E-state index contributed by atoms with van der Waals surface area (Å²) >= 11 is 0. The van der Waals surface area contributed by atoms with Crippen molar-refractivity contribution in [3.63, 3.8) is 0 Å². The van der Waals surface area contributed by atoms with E-state index in [0.717, 1.165) is 5.69 Å². The molecule has 140 valence electrons. The molecule has 0 radical (unpaired) electrons. The van der Waals surface area contributed by atoms with Gasteiger partial charge in [0.05, 0.1) is 12.2 Å². The normalized spacial score (nSPS) is 10.2. The standard InChI is InChI=1S/C21H18N4O3/c1-14(26)15-5-4-7-17(11-15)25-20(27)16-8-10-23-19(12-16)21(28)24-13-18-6-2-3-9-22-18/h2-12H,13H2,1H3,(H,24,28)(H,25,27). The Balaban J connectivity index is 1.68. The second-order valence-electron chi connectivity index (χ2n) is 6.02. The first-order valence-electron chi connectivity index (χ1n) is 8.59. The Kier molecular flexibility index (Phi) is 5.86. The maximum Gasteiger partial charge on any atom is 0.270 e. The van der Waals surface area contributed by atoms with Gasteiger partial charge < -0.3 is 10.6 Å². The highest BCUT2D eigenvalue weighted by atomic mass is 16.2. The first-order chi connectivity index (χ1) is 13.5. The molecule has 1 aromatic carbocycles. The summed E-state index contributed by atoms with van der Waals surface area (Å²) in [6.45, 7) is 1.72. The molecule has 0 aliphatic rings.